The van der Waals surface area contributed by atoms with Gasteiger partial charge in [-0.25, -0.2) is 0 Å². The van der Waals surface area contributed by atoms with Crippen LogP contribution in [-0.4, -0.2) is 18.4 Å². The van der Waals surface area contributed by atoms with Crippen molar-refractivity contribution in [1.82, 2.24) is 0 Å². The summed E-state index contributed by atoms with van der Waals surface area (Å²) < 4.78 is 0. The summed E-state index contributed by atoms with van der Waals surface area (Å²) in [6.07, 6.45) is 2.86. The lowest BCUT2D eigenvalue weighted by atomic mass is 9.95. The summed E-state index contributed by atoms with van der Waals surface area (Å²) in [5.41, 5.74) is 6.78. The molecule has 1 aliphatic carbocycles. The molecule has 1 aromatic rings. The highest BCUT2D eigenvalue weighted by Gasteiger charge is 2.32. The molecule has 0 radical (unpaired) electrons. The molecule has 1 fully saturated rings. The predicted molar refractivity (Wildman–Crippen MR) is 91.5 cm³/mol. The lowest BCUT2D eigenvalue weighted by Crippen LogP contribution is -2.30. The van der Waals surface area contributed by atoms with Crippen LogP contribution in [0.4, 0.5) is 11.4 Å². The van der Waals surface area contributed by atoms with Gasteiger partial charge in [0.05, 0.1) is 11.4 Å². The van der Waals surface area contributed by atoms with E-state index in [0.717, 1.165) is 19.3 Å². The molecule has 0 spiro atoms. The van der Waals surface area contributed by atoms with E-state index in [9.17, 15) is 9.59 Å². The molecule has 0 aliphatic heterocycles. The van der Waals surface area contributed by atoms with Crippen molar-refractivity contribution in [2.75, 3.05) is 17.2 Å². The summed E-state index contributed by atoms with van der Waals surface area (Å²) in [6, 6.07) is 4.98. The average molecular weight is 346 g/mol. The third-order valence-electron chi connectivity index (χ3n) is 3.85. The predicted octanol–water partition coefficient (Wildman–Crippen LogP) is 3.03. The molecule has 122 valence electrons. The molecule has 1 aromatic carbocycles. The molecule has 1 saturated carbocycles. The molecule has 2 atom stereocenters. The summed E-state index contributed by atoms with van der Waals surface area (Å²) in [7, 11) is 0. The number of carbonyl (C=O) groups excluding carboxylic acids is 2. The van der Waals surface area contributed by atoms with Gasteiger partial charge in [-0.3, -0.25) is 9.59 Å². The zero-order valence-electron chi connectivity index (χ0n) is 12.4. The van der Waals surface area contributed by atoms with Gasteiger partial charge >= 0.3 is 0 Å². The zero-order chi connectivity index (χ0) is 15.4. The van der Waals surface area contributed by atoms with Crippen LogP contribution in [0.2, 0.25) is 5.02 Å². The van der Waals surface area contributed by atoms with Crippen LogP contribution < -0.4 is 16.4 Å². The van der Waals surface area contributed by atoms with Crippen molar-refractivity contribution >= 4 is 47.2 Å². The Bertz CT molecular complexity index is 552. The Morgan fingerprint density at radius 2 is 2.00 bits per heavy atom. The van der Waals surface area contributed by atoms with Crippen LogP contribution in [0.25, 0.3) is 0 Å². The molecule has 1 aliphatic rings. The first-order chi connectivity index (χ1) is 10.0. The molecule has 0 heterocycles. The number of hydrogen-bond acceptors (Lipinski definition) is 3. The number of halogens is 2. The summed E-state index contributed by atoms with van der Waals surface area (Å²) in [5.74, 6) is -0.0992. The average Bonchev–Trinajstić information content (AvgIpc) is 2.90. The molecule has 0 unspecified atom stereocenters. The van der Waals surface area contributed by atoms with Crippen molar-refractivity contribution in [3.05, 3.63) is 23.2 Å². The quantitative estimate of drug-likeness (QED) is 0.783. The summed E-state index contributed by atoms with van der Waals surface area (Å²) >= 11 is 5.97. The number of carbonyl (C=O) groups is 2. The molecule has 2 rings (SSSR count). The van der Waals surface area contributed by atoms with Crippen LogP contribution in [0, 0.1) is 11.8 Å². The second-order valence-corrected chi connectivity index (χ2v) is 5.83. The maximum atomic E-state index is 12.4. The number of nitrogens with two attached hydrogens (primary N) is 1. The number of benzene rings is 1. The highest BCUT2D eigenvalue weighted by atomic mass is 35.5. The summed E-state index contributed by atoms with van der Waals surface area (Å²) in [4.78, 5) is 23.6. The Balaban J connectivity index is 0.00000242. The fourth-order valence-corrected chi connectivity index (χ4v) is 2.98. The summed E-state index contributed by atoms with van der Waals surface area (Å²) in [6.45, 7) is 1.94. The maximum absolute atomic E-state index is 12.4. The highest BCUT2D eigenvalue weighted by molar-refractivity contribution is 6.31. The van der Waals surface area contributed by atoms with Gasteiger partial charge in [0, 0.05) is 17.9 Å². The van der Waals surface area contributed by atoms with E-state index in [4.69, 9.17) is 17.3 Å². The van der Waals surface area contributed by atoms with E-state index < -0.39 is 0 Å². The van der Waals surface area contributed by atoms with Crippen molar-refractivity contribution in [2.24, 2.45) is 17.6 Å². The number of hydrogen-bond donors (Lipinski definition) is 3. The SMILES string of the molecule is CC(=O)Nc1ccc(Cl)cc1NC(=O)[C@@H]1CCC[C@@H]1CN.Cl. The van der Waals surface area contributed by atoms with Crippen LogP contribution in [0.3, 0.4) is 0 Å². The standard InChI is InChI=1S/C15H20ClN3O2.ClH/c1-9(20)18-13-6-5-11(16)7-14(13)19-15(21)12-4-2-3-10(12)8-17;/h5-7,10,12H,2-4,8,17H2,1H3,(H,18,20)(H,19,21);1H/t10-,12-;/m1./s1. The van der Waals surface area contributed by atoms with E-state index in [1.54, 1.807) is 18.2 Å². The smallest absolute Gasteiger partial charge is 0.227 e. The minimum atomic E-state index is -0.200. The van der Waals surface area contributed by atoms with Gasteiger partial charge in [0.15, 0.2) is 0 Å². The van der Waals surface area contributed by atoms with Crippen LogP contribution >= 0.6 is 24.0 Å². The second-order valence-electron chi connectivity index (χ2n) is 5.39. The lowest BCUT2D eigenvalue weighted by molar-refractivity contribution is -0.120. The van der Waals surface area contributed by atoms with Crippen LogP contribution in [0.5, 0.6) is 0 Å². The van der Waals surface area contributed by atoms with Crippen LogP contribution in [0.15, 0.2) is 18.2 Å². The Labute approximate surface area is 141 Å². The molecule has 4 N–H and O–H groups in total. The van der Waals surface area contributed by atoms with Crippen molar-refractivity contribution < 1.29 is 9.59 Å². The van der Waals surface area contributed by atoms with Crippen molar-refractivity contribution in [3.8, 4) is 0 Å². The second kappa shape index (κ2) is 8.36. The molecule has 5 nitrogen and oxygen atoms in total. The van der Waals surface area contributed by atoms with Gasteiger partial charge in [0.25, 0.3) is 0 Å². The third kappa shape index (κ3) is 4.60. The molecule has 22 heavy (non-hydrogen) atoms. The van der Waals surface area contributed by atoms with E-state index in [-0.39, 0.29) is 36.1 Å². The molecule has 0 aromatic heterocycles. The van der Waals surface area contributed by atoms with Gasteiger partial charge in [-0.15, -0.1) is 12.4 Å². The van der Waals surface area contributed by atoms with Crippen molar-refractivity contribution in [1.29, 1.82) is 0 Å². The minimum absolute atomic E-state index is 0. The summed E-state index contributed by atoms with van der Waals surface area (Å²) in [5, 5.41) is 6.06. The maximum Gasteiger partial charge on any atom is 0.227 e. The largest absolute Gasteiger partial charge is 0.330 e. The van der Waals surface area contributed by atoms with Crippen LogP contribution in [-0.2, 0) is 9.59 Å². The monoisotopic (exact) mass is 345 g/mol. The van der Waals surface area contributed by atoms with E-state index in [0.29, 0.717) is 22.9 Å². The Morgan fingerprint density at radius 3 is 2.64 bits per heavy atom. The minimum Gasteiger partial charge on any atom is -0.330 e. The van der Waals surface area contributed by atoms with Crippen molar-refractivity contribution in [2.45, 2.75) is 26.2 Å². The van der Waals surface area contributed by atoms with Crippen LogP contribution in [0.1, 0.15) is 26.2 Å². The van der Waals surface area contributed by atoms with E-state index in [1.165, 1.54) is 6.92 Å². The molecule has 2 amide bonds. The van der Waals surface area contributed by atoms with Gasteiger partial charge in [-0.2, -0.15) is 0 Å². The Kier molecular flexibility index (Phi) is 7.13. The molecule has 0 bridgehead atoms. The number of rotatable bonds is 4. The zero-order valence-corrected chi connectivity index (χ0v) is 14.0. The molecular weight excluding hydrogens is 325 g/mol. The highest BCUT2D eigenvalue weighted by Crippen LogP contribution is 2.33. The first kappa shape index (κ1) is 18.7. The van der Waals surface area contributed by atoms with Gasteiger partial charge in [-0.1, -0.05) is 18.0 Å². The fraction of sp³-hybridized carbons (Fsp3) is 0.467. The topological polar surface area (TPSA) is 84.2 Å². The van der Waals surface area contributed by atoms with Gasteiger partial charge < -0.3 is 16.4 Å². The third-order valence-corrected chi connectivity index (χ3v) is 4.08. The fourth-order valence-electron chi connectivity index (χ4n) is 2.81. The molecular formula is C15H21Cl2N3O2. The number of nitrogens with one attached hydrogen (secondary N) is 2. The molecule has 7 heteroatoms. The van der Waals surface area contributed by atoms with Gasteiger partial charge in [0.1, 0.15) is 0 Å². The lowest BCUT2D eigenvalue weighted by Gasteiger charge is -2.19. The van der Waals surface area contributed by atoms with Gasteiger partial charge in [-0.05, 0) is 43.5 Å². The first-order valence-corrected chi connectivity index (χ1v) is 7.47. The van der Waals surface area contributed by atoms with E-state index in [2.05, 4.69) is 10.6 Å². The van der Waals surface area contributed by atoms with Gasteiger partial charge in [0.2, 0.25) is 11.8 Å². The Hall–Kier alpha value is -1.30. The van der Waals surface area contributed by atoms with E-state index in [1.807, 2.05) is 0 Å². The first-order valence-electron chi connectivity index (χ1n) is 7.09. The number of amides is 2. The van der Waals surface area contributed by atoms with E-state index >= 15 is 0 Å². The Morgan fingerprint density at radius 1 is 1.27 bits per heavy atom. The number of anilines is 2. The molecule has 0 saturated heterocycles. The normalized spacial score (nSPS) is 20.1. The van der Waals surface area contributed by atoms with Crippen molar-refractivity contribution in [3.63, 3.8) is 0 Å².